The number of methoxy groups -OCH3 is 3. The van der Waals surface area contributed by atoms with Gasteiger partial charge in [0.05, 0.1) is 21.3 Å². The zero-order valence-electron chi connectivity index (χ0n) is 17.6. The molecule has 3 rings (SSSR count). The van der Waals surface area contributed by atoms with Crippen LogP contribution in [0.5, 0.6) is 17.2 Å². The summed E-state index contributed by atoms with van der Waals surface area (Å²) < 4.78 is 15.9. The number of amides is 1. The standard InChI is InChI=1S/C25H27NO4/c1-28-22-12-9-20(10-13-22)18-26(25(27)21-7-5-4-6-8-21)16-15-19-11-14-23(29-2)24(17-19)30-3/h4-14,17H,15-16,18H2,1-3H3. The molecule has 0 bridgehead atoms. The monoisotopic (exact) mass is 405 g/mol. The minimum absolute atomic E-state index is 0.00638. The van der Waals surface area contributed by atoms with Crippen LogP contribution in [0.2, 0.25) is 0 Å². The Morgan fingerprint density at radius 1 is 0.767 bits per heavy atom. The average molecular weight is 405 g/mol. The van der Waals surface area contributed by atoms with Crippen molar-refractivity contribution in [2.45, 2.75) is 13.0 Å². The van der Waals surface area contributed by atoms with Gasteiger partial charge >= 0.3 is 0 Å². The highest BCUT2D eigenvalue weighted by Crippen LogP contribution is 2.28. The van der Waals surface area contributed by atoms with E-state index in [0.29, 0.717) is 36.6 Å². The van der Waals surface area contributed by atoms with Crippen LogP contribution in [0.15, 0.2) is 72.8 Å². The van der Waals surface area contributed by atoms with Crippen molar-refractivity contribution in [1.29, 1.82) is 0 Å². The predicted molar refractivity (Wildman–Crippen MR) is 117 cm³/mol. The molecule has 0 aliphatic carbocycles. The van der Waals surface area contributed by atoms with Gasteiger partial charge in [-0.15, -0.1) is 0 Å². The summed E-state index contributed by atoms with van der Waals surface area (Å²) in [5.74, 6) is 2.18. The van der Waals surface area contributed by atoms with Crippen LogP contribution in [0.4, 0.5) is 0 Å². The molecule has 0 saturated heterocycles. The Morgan fingerprint density at radius 2 is 1.43 bits per heavy atom. The van der Waals surface area contributed by atoms with Crippen LogP contribution >= 0.6 is 0 Å². The molecular formula is C25H27NO4. The van der Waals surface area contributed by atoms with Crippen LogP contribution in [-0.4, -0.2) is 38.7 Å². The van der Waals surface area contributed by atoms with Gasteiger partial charge in [-0.25, -0.2) is 0 Å². The van der Waals surface area contributed by atoms with E-state index in [4.69, 9.17) is 14.2 Å². The maximum absolute atomic E-state index is 13.2. The van der Waals surface area contributed by atoms with Crippen LogP contribution in [0.3, 0.4) is 0 Å². The third-order valence-electron chi connectivity index (χ3n) is 4.96. The fraction of sp³-hybridized carbons (Fsp3) is 0.240. The Bertz CT molecular complexity index is 955. The summed E-state index contributed by atoms with van der Waals surface area (Å²) in [4.78, 5) is 15.0. The highest BCUT2D eigenvalue weighted by Gasteiger charge is 2.16. The number of rotatable bonds is 9. The normalized spacial score (nSPS) is 10.4. The highest BCUT2D eigenvalue weighted by atomic mass is 16.5. The first kappa shape index (κ1) is 21.2. The Morgan fingerprint density at radius 3 is 2.07 bits per heavy atom. The van der Waals surface area contributed by atoms with E-state index < -0.39 is 0 Å². The molecule has 0 unspecified atom stereocenters. The van der Waals surface area contributed by atoms with Gasteiger partial charge in [-0.3, -0.25) is 4.79 Å². The number of ether oxygens (including phenoxy) is 3. The number of hydrogen-bond donors (Lipinski definition) is 0. The van der Waals surface area contributed by atoms with Crippen molar-refractivity contribution in [3.63, 3.8) is 0 Å². The Kier molecular flexibility index (Phi) is 7.33. The quantitative estimate of drug-likeness (QED) is 0.522. The molecule has 156 valence electrons. The van der Waals surface area contributed by atoms with E-state index in [1.54, 1.807) is 21.3 Å². The maximum Gasteiger partial charge on any atom is 0.254 e. The average Bonchev–Trinajstić information content (AvgIpc) is 2.82. The second-order valence-electron chi connectivity index (χ2n) is 6.88. The van der Waals surface area contributed by atoms with E-state index in [1.165, 1.54) is 0 Å². The molecule has 0 radical (unpaired) electrons. The SMILES string of the molecule is COc1ccc(CN(CCc2ccc(OC)c(OC)c2)C(=O)c2ccccc2)cc1. The third kappa shape index (κ3) is 5.32. The summed E-state index contributed by atoms with van der Waals surface area (Å²) in [6.45, 7) is 1.10. The molecule has 0 atom stereocenters. The van der Waals surface area contributed by atoms with E-state index in [9.17, 15) is 4.79 Å². The second-order valence-corrected chi connectivity index (χ2v) is 6.88. The zero-order valence-corrected chi connectivity index (χ0v) is 17.6. The number of carbonyl (C=O) groups is 1. The minimum Gasteiger partial charge on any atom is -0.497 e. The summed E-state index contributed by atoms with van der Waals surface area (Å²) in [5.41, 5.74) is 2.80. The molecule has 0 aliphatic rings. The second kappa shape index (κ2) is 10.3. The van der Waals surface area contributed by atoms with E-state index >= 15 is 0 Å². The number of benzene rings is 3. The molecule has 0 N–H and O–H groups in total. The van der Waals surface area contributed by atoms with Crippen molar-refractivity contribution in [1.82, 2.24) is 4.90 Å². The first-order chi connectivity index (χ1) is 14.6. The van der Waals surface area contributed by atoms with Crippen molar-refractivity contribution in [2.75, 3.05) is 27.9 Å². The smallest absolute Gasteiger partial charge is 0.254 e. The lowest BCUT2D eigenvalue weighted by Crippen LogP contribution is -2.32. The lowest BCUT2D eigenvalue weighted by atomic mass is 10.1. The van der Waals surface area contributed by atoms with Gasteiger partial charge < -0.3 is 19.1 Å². The molecule has 5 heteroatoms. The van der Waals surface area contributed by atoms with Crippen LogP contribution in [0.1, 0.15) is 21.5 Å². The topological polar surface area (TPSA) is 48.0 Å². The van der Waals surface area contributed by atoms with Gasteiger partial charge in [0.15, 0.2) is 11.5 Å². The van der Waals surface area contributed by atoms with Gasteiger partial charge in [0.1, 0.15) is 5.75 Å². The Labute approximate surface area is 177 Å². The van der Waals surface area contributed by atoms with Gasteiger partial charge in [0.2, 0.25) is 0 Å². The summed E-state index contributed by atoms with van der Waals surface area (Å²) >= 11 is 0. The van der Waals surface area contributed by atoms with Gasteiger partial charge in [0, 0.05) is 18.7 Å². The summed E-state index contributed by atoms with van der Waals surface area (Å²) in [5, 5.41) is 0. The predicted octanol–water partition coefficient (Wildman–Crippen LogP) is 4.60. The largest absolute Gasteiger partial charge is 0.497 e. The molecule has 0 aromatic heterocycles. The van der Waals surface area contributed by atoms with E-state index in [0.717, 1.165) is 16.9 Å². The van der Waals surface area contributed by atoms with E-state index in [2.05, 4.69) is 0 Å². The Balaban J connectivity index is 1.79. The van der Waals surface area contributed by atoms with Gasteiger partial charge in [-0.05, 0) is 53.9 Å². The molecule has 0 fully saturated rings. The molecule has 0 saturated carbocycles. The van der Waals surface area contributed by atoms with Gasteiger partial charge in [-0.2, -0.15) is 0 Å². The van der Waals surface area contributed by atoms with Gasteiger partial charge in [0.25, 0.3) is 5.91 Å². The number of carbonyl (C=O) groups excluding carboxylic acids is 1. The number of hydrogen-bond acceptors (Lipinski definition) is 4. The van der Waals surface area contributed by atoms with Crippen LogP contribution in [-0.2, 0) is 13.0 Å². The summed E-state index contributed by atoms with van der Waals surface area (Å²) in [6.07, 6.45) is 0.703. The Hall–Kier alpha value is -3.47. The summed E-state index contributed by atoms with van der Waals surface area (Å²) in [6, 6.07) is 23.0. The fourth-order valence-corrected chi connectivity index (χ4v) is 3.27. The van der Waals surface area contributed by atoms with Crippen LogP contribution in [0, 0.1) is 0 Å². The lowest BCUT2D eigenvalue weighted by molar-refractivity contribution is 0.0745. The van der Waals surface area contributed by atoms with E-state index in [1.807, 2.05) is 77.7 Å². The molecule has 0 spiro atoms. The summed E-state index contributed by atoms with van der Waals surface area (Å²) in [7, 11) is 4.88. The molecule has 30 heavy (non-hydrogen) atoms. The fourth-order valence-electron chi connectivity index (χ4n) is 3.27. The zero-order chi connectivity index (χ0) is 21.3. The molecule has 0 heterocycles. The molecule has 5 nitrogen and oxygen atoms in total. The van der Waals surface area contributed by atoms with Crippen molar-refractivity contribution < 1.29 is 19.0 Å². The molecular weight excluding hydrogens is 378 g/mol. The maximum atomic E-state index is 13.2. The van der Waals surface area contributed by atoms with Crippen molar-refractivity contribution >= 4 is 5.91 Å². The third-order valence-corrected chi connectivity index (χ3v) is 4.96. The van der Waals surface area contributed by atoms with E-state index in [-0.39, 0.29) is 5.91 Å². The molecule has 3 aromatic carbocycles. The van der Waals surface area contributed by atoms with Crippen LogP contribution in [0.25, 0.3) is 0 Å². The molecule has 3 aromatic rings. The van der Waals surface area contributed by atoms with Crippen molar-refractivity contribution in [3.05, 3.63) is 89.5 Å². The first-order valence-electron chi connectivity index (χ1n) is 9.82. The van der Waals surface area contributed by atoms with Crippen molar-refractivity contribution in [3.8, 4) is 17.2 Å². The van der Waals surface area contributed by atoms with Crippen LogP contribution < -0.4 is 14.2 Å². The minimum atomic E-state index is 0.00638. The van der Waals surface area contributed by atoms with Gasteiger partial charge in [-0.1, -0.05) is 36.4 Å². The highest BCUT2D eigenvalue weighted by molar-refractivity contribution is 5.94. The lowest BCUT2D eigenvalue weighted by Gasteiger charge is -2.23. The molecule has 0 aliphatic heterocycles. The number of nitrogens with zero attached hydrogens (tertiary/aromatic N) is 1. The molecule has 1 amide bonds. The van der Waals surface area contributed by atoms with Crippen molar-refractivity contribution in [2.24, 2.45) is 0 Å². The first-order valence-corrected chi connectivity index (χ1v) is 9.82.